The first kappa shape index (κ1) is 15.1. The van der Waals surface area contributed by atoms with E-state index in [4.69, 9.17) is 14.2 Å². The number of ether oxygens (including phenoxy) is 3. The largest absolute Gasteiger partial charge is 0.495 e. The van der Waals surface area contributed by atoms with Gasteiger partial charge in [-0.05, 0) is 40.9 Å². The van der Waals surface area contributed by atoms with Gasteiger partial charge < -0.3 is 19.5 Å². The monoisotopic (exact) mass is 343 g/mol. The van der Waals surface area contributed by atoms with Crippen molar-refractivity contribution < 1.29 is 19.0 Å². The molecule has 1 atom stereocenters. The number of hydrogen-bond donors (Lipinski definition) is 1. The van der Waals surface area contributed by atoms with Crippen LogP contribution in [-0.4, -0.2) is 39.4 Å². The summed E-state index contributed by atoms with van der Waals surface area (Å²) < 4.78 is 16.6. The first-order valence-corrected chi connectivity index (χ1v) is 7.26. The fourth-order valence-electron chi connectivity index (χ4n) is 2.11. The lowest BCUT2D eigenvalue weighted by molar-refractivity contribution is 0.0857. The second-order valence-corrected chi connectivity index (χ2v) is 5.33. The van der Waals surface area contributed by atoms with Gasteiger partial charge in [0, 0.05) is 18.7 Å². The molecule has 0 aromatic heterocycles. The van der Waals surface area contributed by atoms with Crippen LogP contribution in [0.15, 0.2) is 16.6 Å². The number of benzene rings is 1. The smallest absolute Gasteiger partial charge is 0.251 e. The summed E-state index contributed by atoms with van der Waals surface area (Å²) in [4.78, 5) is 12.2. The van der Waals surface area contributed by atoms with E-state index in [1.54, 1.807) is 26.4 Å². The summed E-state index contributed by atoms with van der Waals surface area (Å²) in [7, 11) is 3.10. The normalized spacial score (nSPS) is 17.9. The number of hydrogen-bond acceptors (Lipinski definition) is 4. The van der Waals surface area contributed by atoms with E-state index in [1.807, 2.05) is 0 Å². The third-order valence-electron chi connectivity index (χ3n) is 3.22. The predicted molar refractivity (Wildman–Crippen MR) is 78.6 cm³/mol. The number of methoxy groups -OCH3 is 2. The minimum absolute atomic E-state index is 0.123. The molecule has 0 aliphatic carbocycles. The molecule has 1 aliphatic rings. The van der Waals surface area contributed by atoms with Gasteiger partial charge in [0.05, 0.1) is 20.3 Å². The zero-order valence-electron chi connectivity index (χ0n) is 11.6. The SMILES string of the molecule is COc1cc(C(=O)NC[C@@H]2CCCO2)cc(OC)c1Br. The van der Waals surface area contributed by atoms with Crippen LogP contribution in [0, 0.1) is 0 Å². The third kappa shape index (κ3) is 3.43. The fraction of sp³-hybridized carbons (Fsp3) is 0.500. The number of carbonyl (C=O) groups excluding carboxylic acids is 1. The Bertz CT molecular complexity index is 461. The molecular weight excluding hydrogens is 326 g/mol. The van der Waals surface area contributed by atoms with E-state index in [-0.39, 0.29) is 12.0 Å². The molecule has 1 heterocycles. The van der Waals surface area contributed by atoms with Gasteiger partial charge in [-0.1, -0.05) is 0 Å². The molecular formula is C14H18BrNO4. The Labute approximate surface area is 126 Å². The van der Waals surface area contributed by atoms with E-state index in [0.29, 0.717) is 28.1 Å². The number of halogens is 1. The standard InChI is InChI=1S/C14H18BrNO4/c1-18-11-6-9(7-12(19-2)13(11)15)14(17)16-8-10-4-3-5-20-10/h6-7,10H,3-5,8H2,1-2H3,(H,16,17)/t10-/m0/s1. The highest BCUT2D eigenvalue weighted by atomic mass is 79.9. The highest BCUT2D eigenvalue weighted by Crippen LogP contribution is 2.35. The molecule has 0 unspecified atom stereocenters. The number of nitrogens with one attached hydrogen (secondary N) is 1. The molecule has 0 spiro atoms. The van der Waals surface area contributed by atoms with Crippen LogP contribution >= 0.6 is 15.9 Å². The molecule has 1 saturated heterocycles. The van der Waals surface area contributed by atoms with Crippen molar-refractivity contribution in [3.05, 3.63) is 22.2 Å². The molecule has 1 fully saturated rings. The van der Waals surface area contributed by atoms with Crippen LogP contribution in [0.25, 0.3) is 0 Å². The maximum absolute atomic E-state index is 12.2. The average molecular weight is 344 g/mol. The Morgan fingerprint density at radius 2 is 2.05 bits per heavy atom. The highest BCUT2D eigenvalue weighted by molar-refractivity contribution is 9.10. The number of carbonyl (C=O) groups is 1. The van der Waals surface area contributed by atoms with Crippen molar-refractivity contribution in [2.75, 3.05) is 27.4 Å². The van der Waals surface area contributed by atoms with Crippen molar-refractivity contribution in [1.29, 1.82) is 0 Å². The zero-order chi connectivity index (χ0) is 14.5. The van der Waals surface area contributed by atoms with Crippen molar-refractivity contribution in [2.45, 2.75) is 18.9 Å². The quantitative estimate of drug-likeness (QED) is 0.891. The van der Waals surface area contributed by atoms with E-state index >= 15 is 0 Å². The minimum atomic E-state index is -0.162. The van der Waals surface area contributed by atoms with E-state index in [9.17, 15) is 4.79 Å². The minimum Gasteiger partial charge on any atom is -0.495 e. The number of rotatable bonds is 5. The first-order chi connectivity index (χ1) is 9.65. The van der Waals surface area contributed by atoms with Gasteiger partial charge in [0.2, 0.25) is 0 Å². The van der Waals surface area contributed by atoms with Crippen molar-refractivity contribution in [2.24, 2.45) is 0 Å². The maximum atomic E-state index is 12.2. The molecule has 20 heavy (non-hydrogen) atoms. The summed E-state index contributed by atoms with van der Waals surface area (Å²) in [6, 6.07) is 3.36. The topological polar surface area (TPSA) is 56.8 Å². The molecule has 1 aliphatic heterocycles. The molecule has 1 aromatic carbocycles. The van der Waals surface area contributed by atoms with Crippen LogP contribution in [0.4, 0.5) is 0 Å². The lowest BCUT2D eigenvalue weighted by atomic mass is 10.1. The predicted octanol–water partition coefficient (Wildman–Crippen LogP) is 2.38. The molecule has 0 radical (unpaired) electrons. The van der Waals surface area contributed by atoms with E-state index in [2.05, 4.69) is 21.2 Å². The second kappa shape index (κ2) is 6.95. The van der Waals surface area contributed by atoms with Gasteiger partial charge in [0.1, 0.15) is 16.0 Å². The van der Waals surface area contributed by atoms with Crippen LogP contribution < -0.4 is 14.8 Å². The van der Waals surface area contributed by atoms with Crippen LogP contribution in [0.2, 0.25) is 0 Å². The van der Waals surface area contributed by atoms with Gasteiger partial charge >= 0.3 is 0 Å². The molecule has 5 nitrogen and oxygen atoms in total. The van der Waals surface area contributed by atoms with E-state index in [0.717, 1.165) is 19.4 Å². The summed E-state index contributed by atoms with van der Waals surface area (Å²) >= 11 is 3.38. The van der Waals surface area contributed by atoms with E-state index in [1.165, 1.54) is 0 Å². The maximum Gasteiger partial charge on any atom is 0.251 e. The fourth-order valence-corrected chi connectivity index (χ4v) is 2.67. The Balaban J connectivity index is 2.08. The van der Waals surface area contributed by atoms with Gasteiger partial charge in [-0.15, -0.1) is 0 Å². The molecule has 2 rings (SSSR count). The van der Waals surface area contributed by atoms with Gasteiger partial charge in [-0.3, -0.25) is 4.79 Å². The van der Waals surface area contributed by atoms with Gasteiger partial charge in [0.25, 0.3) is 5.91 Å². The van der Waals surface area contributed by atoms with Crippen molar-refractivity contribution in [3.8, 4) is 11.5 Å². The number of amides is 1. The molecule has 1 amide bonds. The van der Waals surface area contributed by atoms with Crippen molar-refractivity contribution >= 4 is 21.8 Å². The van der Waals surface area contributed by atoms with Gasteiger partial charge in [-0.2, -0.15) is 0 Å². The first-order valence-electron chi connectivity index (χ1n) is 6.47. The molecule has 0 saturated carbocycles. The van der Waals surface area contributed by atoms with Crippen LogP contribution in [0.1, 0.15) is 23.2 Å². The lowest BCUT2D eigenvalue weighted by Gasteiger charge is -2.13. The average Bonchev–Trinajstić information content (AvgIpc) is 2.98. The Kier molecular flexibility index (Phi) is 5.25. The van der Waals surface area contributed by atoms with E-state index < -0.39 is 0 Å². The molecule has 1 N–H and O–H groups in total. The summed E-state index contributed by atoms with van der Waals surface area (Å²) in [5.74, 6) is 0.961. The lowest BCUT2D eigenvalue weighted by Crippen LogP contribution is -2.31. The summed E-state index contributed by atoms with van der Waals surface area (Å²) in [6.45, 7) is 1.31. The molecule has 6 heteroatoms. The van der Waals surface area contributed by atoms with Crippen LogP contribution in [0.5, 0.6) is 11.5 Å². The molecule has 1 aromatic rings. The zero-order valence-corrected chi connectivity index (χ0v) is 13.2. The second-order valence-electron chi connectivity index (χ2n) is 4.54. The Morgan fingerprint density at radius 3 is 2.55 bits per heavy atom. The summed E-state index contributed by atoms with van der Waals surface area (Å²) in [5, 5.41) is 2.87. The highest BCUT2D eigenvalue weighted by Gasteiger charge is 2.18. The van der Waals surface area contributed by atoms with Crippen LogP contribution in [-0.2, 0) is 4.74 Å². The van der Waals surface area contributed by atoms with Crippen LogP contribution in [0.3, 0.4) is 0 Å². The Hall–Kier alpha value is -1.27. The summed E-state index contributed by atoms with van der Waals surface area (Å²) in [6.07, 6.45) is 2.17. The van der Waals surface area contributed by atoms with Gasteiger partial charge in [0.15, 0.2) is 0 Å². The molecule has 110 valence electrons. The molecule has 0 bridgehead atoms. The summed E-state index contributed by atoms with van der Waals surface area (Å²) in [5.41, 5.74) is 0.500. The Morgan fingerprint density at radius 1 is 1.40 bits per heavy atom. The van der Waals surface area contributed by atoms with Crippen molar-refractivity contribution in [1.82, 2.24) is 5.32 Å². The van der Waals surface area contributed by atoms with Gasteiger partial charge in [-0.25, -0.2) is 0 Å². The van der Waals surface area contributed by atoms with Crippen molar-refractivity contribution in [3.63, 3.8) is 0 Å². The third-order valence-corrected chi connectivity index (χ3v) is 4.00.